The second-order valence-corrected chi connectivity index (χ2v) is 5.26. The maximum atomic E-state index is 11.7. The maximum absolute atomic E-state index is 11.7. The van der Waals surface area contributed by atoms with Crippen LogP contribution in [0.25, 0.3) is 0 Å². The lowest BCUT2D eigenvalue weighted by atomic mass is 10.1. The predicted octanol–water partition coefficient (Wildman–Crippen LogP) is 0.922. The molecule has 0 aliphatic rings. The Morgan fingerprint density at radius 1 is 1.16 bits per heavy atom. The van der Waals surface area contributed by atoms with Crippen molar-refractivity contribution in [3.63, 3.8) is 0 Å². The lowest BCUT2D eigenvalue weighted by Gasteiger charge is -2.20. The number of nitrogens with two attached hydrogens (primary N) is 2. The van der Waals surface area contributed by atoms with Gasteiger partial charge in [-0.3, -0.25) is 4.79 Å². The van der Waals surface area contributed by atoms with Gasteiger partial charge in [0.05, 0.1) is 5.56 Å². The van der Waals surface area contributed by atoms with Crippen molar-refractivity contribution in [2.45, 2.75) is 26.3 Å². The van der Waals surface area contributed by atoms with Crippen LogP contribution in [0.4, 0.5) is 11.4 Å². The van der Waals surface area contributed by atoms with Crippen LogP contribution in [0.5, 0.6) is 0 Å². The van der Waals surface area contributed by atoms with Crippen LogP contribution in [-0.4, -0.2) is 24.0 Å². The van der Waals surface area contributed by atoms with Crippen molar-refractivity contribution in [2.24, 2.45) is 0 Å². The molecule has 0 heterocycles. The first-order valence-corrected chi connectivity index (χ1v) is 5.81. The Balaban J connectivity index is 2.58. The average Bonchev–Trinajstić information content (AvgIpc) is 2.22. The number of hydrogen-bond acceptors (Lipinski definition) is 5. The van der Waals surface area contributed by atoms with Crippen molar-refractivity contribution >= 4 is 23.3 Å². The van der Waals surface area contributed by atoms with Crippen LogP contribution < -0.4 is 16.8 Å². The van der Waals surface area contributed by atoms with E-state index in [1.807, 2.05) is 20.8 Å². The van der Waals surface area contributed by atoms with E-state index in [4.69, 9.17) is 16.2 Å². The molecule has 1 aromatic carbocycles. The molecule has 0 saturated carbocycles. The summed E-state index contributed by atoms with van der Waals surface area (Å²) in [6, 6.07) is 4.42. The number of carbonyl (C=O) groups excluding carboxylic acids is 2. The van der Waals surface area contributed by atoms with Crippen molar-refractivity contribution in [1.82, 2.24) is 5.32 Å². The molecule has 0 aromatic heterocycles. The predicted molar refractivity (Wildman–Crippen MR) is 73.4 cm³/mol. The van der Waals surface area contributed by atoms with Crippen LogP contribution in [0.15, 0.2) is 18.2 Å². The Morgan fingerprint density at radius 3 is 2.16 bits per heavy atom. The maximum Gasteiger partial charge on any atom is 0.338 e. The summed E-state index contributed by atoms with van der Waals surface area (Å²) in [6.45, 7) is 5.17. The number of nitrogen functional groups attached to an aromatic ring is 2. The molecular formula is C13H19N3O3. The van der Waals surface area contributed by atoms with Gasteiger partial charge in [0.15, 0.2) is 6.61 Å². The van der Waals surface area contributed by atoms with Gasteiger partial charge in [0.2, 0.25) is 0 Å². The summed E-state index contributed by atoms with van der Waals surface area (Å²) in [5.74, 6) is -0.999. The average molecular weight is 265 g/mol. The fraction of sp³-hybridized carbons (Fsp3) is 0.385. The highest BCUT2D eigenvalue weighted by molar-refractivity contribution is 5.93. The van der Waals surface area contributed by atoms with Gasteiger partial charge >= 0.3 is 5.97 Å². The molecule has 1 rings (SSSR count). The Hall–Kier alpha value is -2.24. The van der Waals surface area contributed by atoms with E-state index in [0.29, 0.717) is 11.4 Å². The van der Waals surface area contributed by atoms with Gasteiger partial charge in [-0.15, -0.1) is 0 Å². The molecule has 0 spiro atoms. The number of carbonyl (C=O) groups is 2. The smallest absolute Gasteiger partial charge is 0.338 e. The number of nitrogens with one attached hydrogen (secondary N) is 1. The second kappa shape index (κ2) is 5.60. The summed E-state index contributed by atoms with van der Waals surface area (Å²) in [4.78, 5) is 23.2. The van der Waals surface area contributed by atoms with Crippen molar-refractivity contribution in [3.05, 3.63) is 23.8 Å². The molecule has 0 aliphatic heterocycles. The van der Waals surface area contributed by atoms with Gasteiger partial charge in [-0.05, 0) is 39.0 Å². The van der Waals surface area contributed by atoms with Crippen molar-refractivity contribution in [2.75, 3.05) is 18.1 Å². The number of anilines is 2. The monoisotopic (exact) mass is 265 g/mol. The standard InChI is InChI=1S/C13H19N3O3/c1-13(2,3)16-11(17)7-19-12(18)8-4-9(14)6-10(15)5-8/h4-6H,7,14-15H2,1-3H3,(H,16,17). The fourth-order valence-corrected chi connectivity index (χ4v) is 1.46. The topological polar surface area (TPSA) is 107 Å². The van der Waals surface area contributed by atoms with Crippen molar-refractivity contribution in [3.8, 4) is 0 Å². The Labute approximate surface area is 112 Å². The summed E-state index contributed by atoms with van der Waals surface area (Å²) in [5.41, 5.74) is 11.7. The molecule has 0 atom stereocenters. The van der Waals surface area contributed by atoms with Crippen molar-refractivity contribution < 1.29 is 14.3 Å². The van der Waals surface area contributed by atoms with Crippen LogP contribution in [0.1, 0.15) is 31.1 Å². The second-order valence-electron chi connectivity index (χ2n) is 5.26. The number of ether oxygens (including phenoxy) is 1. The molecule has 0 fully saturated rings. The molecule has 1 amide bonds. The molecule has 104 valence electrons. The number of benzene rings is 1. The minimum absolute atomic E-state index is 0.223. The molecule has 6 heteroatoms. The molecule has 0 radical (unpaired) electrons. The molecule has 0 aliphatic carbocycles. The van der Waals surface area contributed by atoms with Crippen LogP contribution in [0.3, 0.4) is 0 Å². The zero-order chi connectivity index (χ0) is 14.6. The minimum Gasteiger partial charge on any atom is -0.452 e. The number of esters is 1. The Kier molecular flexibility index (Phi) is 4.37. The van der Waals surface area contributed by atoms with Gasteiger partial charge in [0.1, 0.15) is 0 Å². The molecule has 6 nitrogen and oxygen atoms in total. The number of rotatable bonds is 3. The largest absolute Gasteiger partial charge is 0.452 e. The Morgan fingerprint density at radius 2 is 1.68 bits per heavy atom. The quantitative estimate of drug-likeness (QED) is 0.556. The van der Waals surface area contributed by atoms with Gasteiger partial charge in [-0.25, -0.2) is 4.79 Å². The zero-order valence-electron chi connectivity index (χ0n) is 11.3. The van der Waals surface area contributed by atoms with Crippen LogP contribution in [-0.2, 0) is 9.53 Å². The summed E-state index contributed by atoms with van der Waals surface area (Å²) >= 11 is 0. The third-order valence-corrected chi connectivity index (χ3v) is 2.06. The van der Waals surface area contributed by atoms with E-state index in [1.165, 1.54) is 18.2 Å². The fourth-order valence-electron chi connectivity index (χ4n) is 1.46. The van der Waals surface area contributed by atoms with E-state index in [-0.39, 0.29) is 23.6 Å². The molecule has 19 heavy (non-hydrogen) atoms. The lowest BCUT2D eigenvalue weighted by Crippen LogP contribution is -2.42. The van der Waals surface area contributed by atoms with Crippen molar-refractivity contribution in [1.29, 1.82) is 0 Å². The third kappa shape index (κ3) is 5.29. The first kappa shape index (κ1) is 14.8. The van der Waals surface area contributed by atoms with E-state index in [2.05, 4.69) is 5.32 Å². The van der Waals surface area contributed by atoms with E-state index < -0.39 is 5.97 Å². The zero-order valence-corrected chi connectivity index (χ0v) is 11.3. The molecular weight excluding hydrogens is 246 g/mol. The Bertz CT molecular complexity index is 472. The summed E-state index contributed by atoms with van der Waals surface area (Å²) < 4.78 is 4.88. The highest BCUT2D eigenvalue weighted by atomic mass is 16.5. The molecule has 0 bridgehead atoms. The molecule has 0 unspecified atom stereocenters. The summed E-state index contributed by atoms with van der Waals surface area (Å²) in [5, 5.41) is 2.68. The highest BCUT2D eigenvalue weighted by Crippen LogP contribution is 2.14. The highest BCUT2D eigenvalue weighted by Gasteiger charge is 2.16. The molecule has 0 saturated heterocycles. The molecule has 5 N–H and O–H groups in total. The lowest BCUT2D eigenvalue weighted by molar-refractivity contribution is -0.125. The third-order valence-electron chi connectivity index (χ3n) is 2.06. The first-order valence-electron chi connectivity index (χ1n) is 5.81. The van der Waals surface area contributed by atoms with E-state index >= 15 is 0 Å². The number of amides is 1. The SMILES string of the molecule is CC(C)(C)NC(=O)COC(=O)c1cc(N)cc(N)c1. The number of hydrogen-bond donors (Lipinski definition) is 3. The first-order chi connectivity index (χ1) is 8.67. The summed E-state index contributed by atoms with van der Waals surface area (Å²) in [7, 11) is 0. The van der Waals surface area contributed by atoms with Crippen LogP contribution >= 0.6 is 0 Å². The van der Waals surface area contributed by atoms with Gasteiger partial charge in [0, 0.05) is 16.9 Å². The van der Waals surface area contributed by atoms with Gasteiger partial charge in [0.25, 0.3) is 5.91 Å². The van der Waals surface area contributed by atoms with Crippen LogP contribution in [0.2, 0.25) is 0 Å². The van der Waals surface area contributed by atoms with E-state index in [0.717, 1.165) is 0 Å². The van der Waals surface area contributed by atoms with Gasteiger partial charge in [-0.2, -0.15) is 0 Å². The summed E-state index contributed by atoms with van der Waals surface area (Å²) in [6.07, 6.45) is 0. The van der Waals surface area contributed by atoms with Gasteiger partial charge < -0.3 is 21.5 Å². The van der Waals surface area contributed by atoms with Crippen LogP contribution in [0, 0.1) is 0 Å². The normalized spacial score (nSPS) is 10.9. The minimum atomic E-state index is -0.636. The molecule has 1 aromatic rings. The van der Waals surface area contributed by atoms with E-state index in [1.54, 1.807) is 0 Å². The van der Waals surface area contributed by atoms with Gasteiger partial charge in [-0.1, -0.05) is 0 Å². The van der Waals surface area contributed by atoms with E-state index in [9.17, 15) is 9.59 Å².